The number of carboxylic acids is 1. The van der Waals surface area contributed by atoms with Gasteiger partial charge in [-0.3, -0.25) is 9.69 Å². The summed E-state index contributed by atoms with van der Waals surface area (Å²) in [6.07, 6.45) is 6.56. The molecule has 0 radical (unpaired) electrons. The lowest BCUT2D eigenvalue weighted by atomic mass is 10.0. The maximum Gasteiger partial charge on any atom is 0.325 e. The van der Waals surface area contributed by atoms with Gasteiger partial charge in [0.15, 0.2) is 0 Å². The number of urea groups is 1. The predicted molar refractivity (Wildman–Crippen MR) is 96.7 cm³/mol. The minimum atomic E-state index is -0.809. The number of nitrogens with zero attached hydrogens (tertiary/aromatic N) is 2. The number of hydrogen-bond acceptors (Lipinski definition) is 3. The standard InChI is InChI=1S/C19H27N3O3/c23-18(24)17(21-11-3-1-2-4-12-21)15-7-9-16(10-8-15)20-19(25)22-13-5-6-14-22/h7-10,17H,1-6,11-14H2,(H,20,25)(H,23,24). The van der Waals surface area contributed by atoms with E-state index in [2.05, 4.69) is 10.2 Å². The van der Waals surface area contributed by atoms with Gasteiger partial charge in [0.25, 0.3) is 0 Å². The Morgan fingerprint density at radius 1 is 0.880 bits per heavy atom. The van der Waals surface area contributed by atoms with Crippen LogP contribution in [0.5, 0.6) is 0 Å². The minimum absolute atomic E-state index is 0.0763. The van der Waals surface area contributed by atoms with Crippen LogP contribution < -0.4 is 5.32 Å². The van der Waals surface area contributed by atoms with E-state index in [9.17, 15) is 14.7 Å². The van der Waals surface area contributed by atoms with Crippen molar-refractivity contribution in [2.45, 2.75) is 44.6 Å². The van der Waals surface area contributed by atoms with Crippen molar-refractivity contribution in [1.29, 1.82) is 0 Å². The van der Waals surface area contributed by atoms with E-state index >= 15 is 0 Å². The van der Waals surface area contributed by atoms with Crippen LogP contribution in [0.25, 0.3) is 0 Å². The molecule has 25 heavy (non-hydrogen) atoms. The number of carbonyl (C=O) groups excluding carboxylic acids is 1. The molecule has 1 aromatic rings. The van der Waals surface area contributed by atoms with E-state index in [1.165, 1.54) is 12.8 Å². The molecule has 6 heteroatoms. The largest absolute Gasteiger partial charge is 0.480 e. The molecule has 1 atom stereocenters. The second-order valence-electron chi connectivity index (χ2n) is 6.94. The summed E-state index contributed by atoms with van der Waals surface area (Å²) in [5.41, 5.74) is 1.48. The molecule has 1 aromatic carbocycles. The monoisotopic (exact) mass is 345 g/mol. The lowest BCUT2D eigenvalue weighted by molar-refractivity contribution is -0.143. The molecule has 1 unspecified atom stereocenters. The molecule has 2 aliphatic rings. The van der Waals surface area contributed by atoms with Crippen LogP contribution in [0, 0.1) is 0 Å². The number of hydrogen-bond donors (Lipinski definition) is 2. The average Bonchev–Trinajstić information content (AvgIpc) is 3.01. The SMILES string of the molecule is O=C(O)C(c1ccc(NC(=O)N2CCCC2)cc1)N1CCCCCC1. The van der Waals surface area contributed by atoms with Gasteiger partial charge in [-0.1, -0.05) is 25.0 Å². The van der Waals surface area contributed by atoms with Gasteiger partial charge in [0.2, 0.25) is 0 Å². The lowest BCUT2D eigenvalue weighted by Crippen LogP contribution is -2.35. The van der Waals surface area contributed by atoms with Gasteiger partial charge in [0.05, 0.1) is 0 Å². The fourth-order valence-electron chi connectivity index (χ4n) is 3.73. The zero-order valence-corrected chi connectivity index (χ0v) is 14.6. The number of benzene rings is 1. The number of amides is 2. The van der Waals surface area contributed by atoms with Gasteiger partial charge in [-0.05, 0) is 56.5 Å². The van der Waals surface area contributed by atoms with Gasteiger partial charge in [-0.2, -0.15) is 0 Å². The normalized spacial score (nSPS) is 20.1. The molecule has 0 saturated carbocycles. The van der Waals surface area contributed by atoms with Crippen molar-refractivity contribution in [2.24, 2.45) is 0 Å². The molecule has 2 heterocycles. The number of rotatable bonds is 4. The maximum atomic E-state index is 12.1. The van der Waals surface area contributed by atoms with Gasteiger partial charge in [-0.25, -0.2) is 4.79 Å². The van der Waals surface area contributed by atoms with Gasteiger partial charge in [-0.15, -0.1) is 0 Å². The van der Waals surface area contributed by atoms with Gasteiger partial charge < -0.3 is 15.3 Å². The Bertz CT molecular complexity index is 588. The highest BCUT2D eigenvalue weighted by molar-refractivity contribution is 5.89. The summed E-state index contributed by atoms with van der Waals surface area (Å²) in [7, 11) is 0. The lowest BCUT2D eigenvalue weighted by Gasteiger charge is -2.27. The van der Waals surface area contributed by atoms with Crippen LogP contribution in [0.1, 0.15) is 50.1 Å². The molecule has 6 nitrogen and oxygen atoms in total. The third-order valence-electron chi connectivity index (χ3n) is 5.11. The Morgan fingerprint density at radius 3 is 2.00 bits per heavy atom. The Hall–Kier alpha value is -2.08. The first kappa shape index (κ1) is 17.7. The van der Waals surface area contributed by atoms with Crippen molar-refractivity contribution in [2.75, 3.05) is 31.5 Å². The first-order chi connectivity index (χ1) is 12.1. The highest BCUT2D eigenvalue weighted by Crippen LogP contribution is 2.26. The summed E-state index contributed by atoms with van der Waals surface area (Å²) in [5, 5.41) is 12.6. The van der Waals surface area contributed by atoms with E-state index in [1.54, 1.807) is 12.1 Å². The molecule has 0 spiro atoms. The summed E-state index contributed by atoms with van der Waals surface area (Å²) in [6, 6.07) is 6.56. The van der Waals surface area contributed by atoms with Crippen LogP contribution in [0.3, 0.4) is 0 Å². The molecule has 2 N–H and O–H groups in total. The number of nitrogens with one attached hydrogen (secondary N) is 1. The first-order valence-electron chi connectivity index (χ1n) is 9.28. The third-order valence-corrected chi connectivity index (χ3v) is 5.11. The van der Waals surface area contributed by atoms with Gasteiger partial charge in [0, 0.05) is 18.8 Å². The van der Waals surface area contributed by atoms with Crippen LogP contribution in [0.15, 0.2) is 24.3 Å². The number of aliphatic carboxylic acids is 1. The fourth-order valence-corrected chi connectivity index (χ4v) is 3.73. The summed E-state index contributed by atoms with van der Waals surface area (Å²) >= 11 is 0. The minimum Gasteiger partial charge on any atom is -0.480 e. The third kappa shape index (κ3) is 4.51. The zero-order chi connectivity index (χ0) is 17.6. The second kappa shape index (κ2) is 8.34. The molecule has 2 saturated heterocycles. The molecule has 2 amide bonds. The van der Waals surface area contributed by atoms with Gasteiger partial charge >= 0.3 is 12.0 Å². The van der Waals surface area contributed by atoms with Crippen LogP contribution in [0.2, 0.25) is 0 Å². The Kier molecular flexibility index (Phi) is 5.91. The van der Waals surface area contributed by atoms with Crippen molar-refractivity contribution in [3.05, 3.63) is 29.8 Å². The zero-order valence-electron chi connectivity index (χ0n) is 14.6. The van der Waals surface area contributed by atoms with E-state index in [1.807, 2.05) is 17.0 Å². The van der Waals surface area contributed by atoms with Crippen molar-refractivity contribution in [3.8, 4) is 0 Å². The van der Waals surface area contributed by atoms with E-state index < -0.39 is 12.0 Å². The smallest absolute Gasteiger partial charge is 0.325 e. The molecule has 0 bridgehead atoms. The van der Waals surface area contributed by atoms with Crippen LogP contribution in [-0.4, -0.2) is 53.1 Å². The summed E-state index contributed by atoms with van der Waals surface area (Å²) < 4.78 is 0. The molecular formula is C19H27N3O3. The number of likely N-dealkylation sites (tertiary alicyclic amines) is 2. The van der Waals surface area contributed by atoms with Crippen LogP contribution >= 0.6 is 0 Å². The van der Waals surface area contributed by atoms with Crippen LogP contribution in [-0.2, 0) is 4.79 Å². The van der Waals surface area contributed by atoms with Crippen molar-refractivity contribution < 1.29 is 14.7 Å². The second-order valence-corrected chi connectivity index (χ2v) is 6.94. The molecular weight excluding hydrogens is 318 g/mol. The van der Waals surface area contributed by atoms with E-state index in [0.29, 0.717) is 5.69 Å². The molecule has 3 rings (SSSR count). The molecule has 0 aliphatic carbocycles. The number of carbonyl (C=O) groups is 2. The van der Waals surface area contributed by atoms with Gasteiger partial charge in [0.1, 0.15) is 6.04 Å². The Balaban J connectivity index is 1.68. The Morgan fingerprint density at radius 2 is 1.44 bits per heavy atom. The van der Waals surface area contributed by atoms with Crippen molar-refractivity contribution >= 4 is 17.7 Å². The van der Waals surface area contributed by atoms with Crippen LogP contribution in [0.4, 0.5) is 10.5 Å². The number of anilines is 1. The highest BCUT2D eigenvalue weighted by atomic mass is 16.4. The molecule has 2 aliphatic heterocycles. The fraction of sp³-hybridized carbons (Fsp3) is 0.579. The molecule has 136 valence electrons. The van der Waals surface area contributed by atoms with E-state index in [4.69, 9.17) is 0 Å². The molecule has 0 aromatic heterocycles. The topological polar surface area (TPSA) is 72.9 Å². The Labute approximate surface area is 148 Å². The van der Waals surface area contributed by atoms with E-state index in [0.717, 1.165) is 57.4 Å². The number of carboxylic acid groups (broad SMARTS) is 1. The van der Waals surface area contributed by atoms with E-state index in [-0.39, 0.29) is 6.03 Å². The first-order valence-corrected chi connectivity index (χ1v) is 9.28. The summed E-state index contributed by atoms with van der Waals surface area (Å²) in [4.78, 5) is 27.8. The summed E-state index contributed by atoms with van der Waals surface area (Å²) in [5.74, 6) is -0.809. The quantitative estimate of drug-likeness (QED) is 0.878. The average molecular weight is 345 g/mol. The molecule has 2 fully saturated rings. The maximum absolute atomic E-state index is 12.1. The highest BCUT2D eigenvalue weighted by Gasteiger charge is 2.27. The van der Waals surface area contributed by atoms with Crippen molar-refractivity contribution in [3.63, 3.8) is 0 Å². The predicted octanol–water partition coefficient (Wildman–Crippen LogP) is 3.32. The summed E-state index contributed by atoms with van der Waals surface area (Å²) in [6.45, 7) is 3.26. The van der Waals surface area contributed by atoms with Crippen molar-refractivity contribution in [1.82, 2.24) is 9.80 Å².